The summed E-state index contributed by atoms with van der Waals surface area (Å²) in [4.78, 5) is 2.43. The van der Waals surface area contributed by atoms with Gasteiger partial charge in [-0.25, -0.2) is 0 Å². The predicted octanol–water partition coefficient (Wildman–Crippen LogP) is 5.48. The quantitative estimate of drug-likeness (QED) is 0.728. The standard InChI is InChI=1S/C22H31NO/c1-16(2)13-23(14-19-9-7-6-8-10-19)15-20-11-18(5)12-21(17(3)4)22(20)24/h6-12,16-17,24H,13-15H2,1-5H3. The van der Waals surface area contributed by atoms with Crippen molar-refractivity contribution < 1.29 is 5.11 Å². The fourth-order valence-corrected chi connectivity index (χ4v) is 3.23. The van der Waals surface area contributed by atoms with Gasteiger partial charge in [-0.2, -0.15) is 0 Å². The molecule has 2 nitrogen and oxygen atoms in total. The molecule has 24 heavy (non-hydrogen) atoms. The highest BCUT2D eigenvalue weighted by atomic mass is 16.3. The van der Waals surface area contributed by atoms with Gasteiger partial charge in [0.25, 0.3) is 0 Å². The first-order chi connectivity index (χ1) is 11.4. The summed E-state index contributed by atoms with van der Waals surface area (Å²) in [6.45, 7) is 13.6. The van der Waals surface area contributed by atoms with E-state index in [4.69, 9.17) is 0 Å². The van der Waals surface area contributed by atoms with E-state index in [0.29, 0.717) is 17.6 Å². The van der Waals surface area contributed by atoms with E-state index in [9.17, 15) is 5.11 Å². The molecule has 0 bridgehead atoms. The summed E-state index contributed by atoms with van der Waals surface area (Å²) in [5, 5.41) is 10.7. The van der Waals surface area contributed by atoms with E-state index in [1.54, 1.807) is 0 Å². The van der Waals surface area contributed by atoms with Crippen molar-refractivity contribution in [3.8, 4) is 5.75 Å². The zero-order valence-electron chi connectivity index (χ0n) is 15.7. The van der Waals surface area contributed by atoms with Crippen LogP contribution in [0.15, 0.2) is 42.5 Å². The van der Waals surface area contributed by atoms with Gasteiger partial charge in [0.15, 0.2) is 0 Å². The zero-order valence-corrected chi connectivity index (χ0v) is 15.7. The molecule has 0 fully saturated rings. The van der Waals surface area contributed by atoms with Crippen LogP contribution in [0.2, 0.25) is 0 Å². The van der Waals surface area contributed by atoms with Crippen LogP contribution in [0.3, 0.4) is 0 Å². The number of phenolic OH excluding ortho intramolecular Hbond substituents is 1. The van der Waals surface area contributed by atoms with Crippen molar-refractivity contribution in [2.24, 2.45) is 5.92 Å². The summed E-state index contributed by atoms with van der Waals surface area (Å²) in [7, 11) is 0. The van der Waals surface area contributed by atoms with Gasteiger partial charge >= 0.3 is 0 Å². The molecule has 2 aromatic carbocycles. The summed E-state index contributed by atoms with van der Waals surface area (Å²) in [6, 6.07) is 14.8. The molecule has 0 spiro atoms. The van der Waals surface area contributed by atoms with Crippen LogP contribution in [0.5, 0.6) is 5.75 Å². The van der Waals surface area contributed by atoms with E-state index in [2.05, 4.69) is 82.0 Å². The molecule has 0 aliphatic rings. The Morgan fingerprint density at radius 1 is 0.958 bits per heavy atom. The lowest BCUT2D eigenvalue weighted by atomic mass is 9.96. The van der Waals surface area contributed by atoms with Crippen LogP contribution in [-0.4, -0.2) is 16.6 Å². The largest absolute Gasteiger partial charge is 0.507 e. The Labute approximate surface area is 147 Å². The molecule has 130 valence electrons. The molecule has 0 saturated heterocycles. The Balaban J connectivity index is 2.26. The van der Waals surface area contributed by atoms with Crippen molar-refractivity contribution in [1.29, 1.82) is 0 Å². The normalized spacial score (nSPS) is 11.7. The van der Waals surface area contributed by atoms with Gasteiger partial charge in [0.1, 0.15) is 5.75 Å². The summed E-state index contributed by atoms with van der Waals surface area (Å²) < 4.78 is 0. The molecule has 0 aliphatic carbocycles. The number of aryl methyl sites for hydroxylation is 1. The first-order valence-electron chi connectivity index (χ1n) is 8.95. The number of benzene rings is 2. The van der Waals surface area contributed by atoms with Crippen molar-refractivity contribution >= 4 is 0 Å². The minimum Gasteiger partial charge on any atom is -0.507 e. The molecule has 0 aromatic heterocycles. The average Bonchev–Trinajstić information content (AvgIpc) is 2.50. The van der Waals surface area contributed by atoms with E-state index < -0.39 is 0 Å². The maximum absolute atomic E-state index is 10.7. The molecule has 1 N–H and O–H groups in total. The van der Waals surface area contributed by atoms with Crippen molar-refractivity contribution in [2.75, 3.05) is 6.54 Å². The molecular formula is C22H31NO. The number of hydrogen-bond acceptors (Lipinski definition) is 2. The van der Waals surface area contributed by atoms with Crippen LogP contribution in [-0.2, 0) is 13.1 Å². The van der Waals surface area contributed by atoms with Gasteiger partial charge in [-0.15, -0.1) is 0 Å². The Morgan fingerprint density at radius 2 is 1.62 bits per heavy atom. The highest BCUT2D eigenvalue weighted by Crippen LogP contribution is 2.31. The summed E-state index contributed by atoms with van der Waals surface area (Å²) in [5.41, 5.74) is 4.62. The molecule has 0 atom stereocenters. The maximum atomic E-state index is 10.7. The second kappa shape index (κ2) is 8.34. The van der Waals surface area contributed by atoms with Crippen molar-refractivity contribution in [1.82, 2.24) is 4.90 Å². The molecule has 0 unspecified atom stereocenters. The van der Waals surface area contributed by atoms with Gasteiger partial charge in [-0.1, -0.05) is 75.7 Å². The molecule has 0 heterocycles. The van der Waals surface area contributed by atoms with Crippen LogP contribution in [0, 0.1) is 12.8 Å². The number of aromatic hydroxyl groups is 1. The second-order valence-corrected chi connectivity index (χ2v) is 7.57. The fraction of sp³-hybridized carbons (Fsp3) is 0.455. The van der Waals surface area contributed by atoms with Gasteiger partial charge in [0.05, 0.1) is 0 Å². The van der Waals surface area contributed by atoms with Crippen molar-refractivity contribution in [3.05, 3.63) is 64.7 Å². The van der Waals surface area contributed by atoms with Gasteiger partial charge in [0.2, 0.25) is 0 Å². The molecule has 2 aromatic rings. The molecule has 2 heteroatoms. The second-order valence-electron chi connectivity index (χ2n) is 7.57. The number of phenols is 1. The molecule has 0 amide bonds. The average molecular weight is 325 g/mol. The zero-order chi connectivity index (χ0) is 17.7. The van der Waals surface area contributed by atoms with Crippen molar-refractivity contribution in [2.45, 2.75) is 53.6 Å². The van der Waals surface area contributed by atoms with Crippen LogP contribution in [0.25, 0.3) is 0 Å². The lowest BCUT2D eigenvalue weighted by Gasteiger charge is -2.26. The Morgan fingerprint density at radius 3 is 2.21 bits per heavy atom. The van der Waals surface area contributed by atoms with E-state index >= 15 is 0 Å². The minimum absolute atomic E-state index is 0.330. The Hall–Kier alpha value is -1.80. The van der Waals surface area contributed by atoms with Crippen molar-refractivity contribution in [3.63, 3.8) is 0 Å². The smallest absolute Gasteiger partial charge is 0.123 e. The van der Waals surface area contributed by atoms with Crippen LogP contribution >= 0.6 is 0 Å². The monoisotopic (exact) mass is 325 g/mol. The molecule has 0 saturated carbocycles. The lowest BCUT2D eigenvalue weighted by molar-refractivity contribution is 0.225. The van der Waals surface area contributed by atoms with Crippen LogP contribution in [0.1, 0.15) is 55.9 Å². The molecule has 2 rings (SSSR count). The minimum atomic E-state index is 0.330. The first kappa shape index (κ1) is 18.5. The predicted molar refractivity (Wildman–Crippen MR) is 102 cm³/mol. The van der Waals surface area contributed by atoms with Gasteiger partial charge in [0, 0.05) is 25.2 Å². The number of hydrogen-bond donors (Lipinski definition) is 1. The molecule has 0 radical (unpaired) electrons. The summed E-state index contributed by atoms with van der Waals surface area (Å²) >= 11 is 0. The highest BCUT2D eigenvalue weighted by Gasteiger charge is 2.16. The molecular weight excluding hydrogens is 294 g/mol. The fourth-order valence-electron chi connectivity index (χ4n) is 3.23. The number of rotatable bonds is 7. The van der Waals surface area contributed by atoms with E-state index in [1.165, 1.54) is 11.1 Å². The topological polar surface area (TPSA) is 23.5 Å². The highest BCUT2D eigenvalue weighted by molar-refractivity contribution is 5.45. The van der Waals surface area contributed by atoms with Gasteiger partial charge in [-0.05, 0) is 29.9 Å². The maximum Gasteiger partial charge on any atom is 0.123 e. The van der Waals surface area contributed by atoms with Gasteiger partial charge in [-0.3, -0.25) is 4.90 Å². The first-order valence-corrected chi connectivity index (χ1v) is 8.95. The summed E-state index contributed by atoms with van der Waals surface area (Å²) in [6.07, 6.45) is 0. The number of nitrogens with zero attached hydrogens (tertiary/aromatic N) is 1. The van der Waals surface area contributed by atoms with Gasteiger partial charge < -0.3 is 5.11 Å². The third kappa shape index (κ3) is 5.10. The summed E-state index contributed by atoms with van der Waals surface area (Å²) in [5.74, 6) is 1.39. The van der Waals surface area contributed by atoms with E-state index in [0.717, 1.165) is 30.8 Å². The third-order valence-corrected chi connectivity index (χ3v) is 4.25. The Bertz CT molecular complexity index is 647. The van der Waals surface area contributed by atoms with Crippen LogP contribution < -0.4 is 0 Å². The lowest BCUT2D eigenvalue weighted by Crippen LogP contribution is -2.27. The SMILES string of the molecule is Cc1cc(CN(Cc2ccccc2)CC(C)C)c(O)c(C(C)C)c1. The van der Waals surface area contributed by atoms with E-state index in [-0.39, 0.29) is 0 Å². The third-order valence-electron chi connectivity index (χ3n) is 4.25. The molecule has 0 aliphatic heterocycles. The Kier molecular flexibility index (Phi) is 6.44. The van der Waals surface area contributed by atoms with Crippen LogP contribution in [0.4, 0.5) is 0 Å². The van der Waals surface area contributed by atoms with E-state index in [1.807, 2.05) is 0 Å².